The molecular weight excluding hydrogens is 436 g/mol. The van der Waals surface area contributed by atoms with Gasteiger partial charge in [0, 0.05) is 11.4 Å². The number of nitrogens with two attached hydrogens (primary N) is 2. The van der Waals surface area contributed by atoms with E-state index in [4.69, 9.17) is 31.2 Å². The molecule has 0 spiro atoms. The molecule has 0 amide bonds. The van der Waals surface area contributed by atoms with E-state index in [1.807, 2.05) is 0 Å². The molecule has 10 nitrogen and oxygen atoms in total. The van der Waals surface area contributed by atoms with E-state index in [9.17, 15) is 16.8 Å². The van der Waals surface area contributed by atoms with E-state index in [0.29, 0.717) is 0 Å². The highest BCUT2D eigenvalue weighted by Crippen LogP contribution is 2.29. The number of benzene rings is 2. The van der Waals surface area contributed by atoms with Crippen LogP contribution in [0.4, 0.5) is 11.4 Å². The van der Waals surface area contributed by atoms with Crippen LogP contribution in [0.15, 0.2) is 46.2 Å². The zero-order valence-corrected chi connectivity index (χ0v) is 17.7. The third kappa shape index (κ3) is 5.98. The Morgan fingerprint density at radius 1 is 0.700 bits per heavy atom. The zero-order valence-electron chi connectivity index (χ0n) is 16.0. The van der Waals surface area contributed by atoms with Gasteiger partial charge in [-0.05, 0) is 36.4 Å². The maximum atomic E-state index is 12.3. The monoisotopic (exact) mass is 460 g/mol. The van der Waals surface area contributed by atoms with Crippen molar-refractivity contribution in [2.45, 2.75) is 9.79 Å². The Bertz CT molecular complexity index is 998. The molecule has 0 aliphatic rings. The lowest BCUT2D eigenvalue weighted by Crippen LogP contribution is -2.16. The van der Waals surface area contributed by atoms with Gasteiger partial charge in [0.1, 0.15) is 34.5 Å². The third-order valence-corrected chi connectivity index (χ3v) is 7.34. The van der Waals surface area contributed by atoms with Crippen molar-refractivity contribution >= 4 is 31.0 Å². The Hall–Kier alpha value is -2.54. The summed E-state index contributed by atoms with van der Waals surface area (Å²) < 4.78 is 60.1. The van der Waals surface area contributed by atoms with Gasteiger partial charge in [-0.25, -0.2) is 16.8 Å². The van der Waals surface area contributed by atoms with Crippen LogP contribution in [0.25, 0.3) is 0 Å². The molecule has 2 rings (SSSR count). The second-order valence-corrected chi connectivity index (χ2v) is 10.3. The summed E-state index contributed by atoms with van der Waals surface area (Å²) in [6.07, 6.45) is 0. The van der Waals surface area contributed by atoms with Gasteiger partial charge in [-0.1, -0.05) is 0 Å². The minimum Gasteiger partial charge on any atom is -0.489 e. The number of aliphatic hydroxyl groups excluding tert-OH is 2. The fourth-order valence-corrected chi connectivity index (χ4v) is 4.96. The molecule has 0 saturated carbocycles. The number of sulfone groups is 2. The number of aliphatic hydroxyl groups is 2. The summed E-state index contributed by atoms with van der Waals surface area (Å²) in [4.78, 5) is -0.314. The molecule has 166 valence electrons. The van der Waals surface area contributed by atoms with Crippen LogP contribution in [0.5, 0.6) is 11.5 Å². The zero-order chi connectivity index (χ0) is 22.4. The number of ether oxygens (including phenoxy) is 2. The Kier molecular flexibility index (Phi) is 7.89. The first-order valence-corrected chi connectivity index (χ1v) is 12.1. The number of nitrogen functional groups attached to an aromatic ring is 2. The van der Waals surface area contributed by atoms with Gasteiger partial charge in [-0.2, -0.15) is 0 Å². The fraction of sp³-hybridized carbons (Fsp3) is 0.333. The molecule has 0 atom stereocenters. The first-order chi connectivity index (χ1) is 14.1. The van der Waals surface area contributed by atoms with Gasteiger partial charge in [0.15, 0.2) is 19.7 Å². The number of hydrogen-bond acceptors (Lipinski definition) is 10. The predicted molar refractivity (Wildman–Crippen MR) is 111 cm³/mol. The SMILES string of the molecule is Nc1ccc(OCCOc2ccc(N)cc2S(=O)(=O)CCO)c(S(=O)(=O)CCO)c1. The molecule has 12 heteroatoms. The maximum Gasteiger partial charge on any atom is 0.184 e. The standard InChI is InChI=1S/C18H24N2O8S2/c19-13-1-3-15(17(11-13)29(23,24)9-5-21)27-7-8-28-16-4-2-14(20)12-18(16)30(25,26)10-6-22/h1-4,11-12,21-22H,5-10,19-20H2. The topological polar surface area (TPSA) is 179 Å². The summed E-state index contributed by atoms with van der Waals surface area (Å²) in [5, 5.41) is 17.9. The second-order valence-electron chi connectivity index (χ2n) is 6.19. The summed E-state index contributed by atoms with van der Waals surface area (Å²) >= 11 is 0. The third-order valence-electron chi connectivity index (χ3n) is 3.92. The Morgan fingerprint density at radius 2 is 1.07 bits per heavy atom. The lowest BCUT2D eigenvalue weighted by molar-refractivity contribution is 0.210. The lowest BCUT2D eigenvalue weighted by Gasteiger charge is -2.15. The molecule has 0 aliphatic heterocycles. The summed E-state index contributed by atoms with van der Waals surface area (Å²) in [7, 11) is -7.61. The molecule has 0 bridgehead atoms. The van der Waals surface area contributed by atoms with Gasteiger partial charge in [-0.3, -0.25) is 0 Å². The molecule has 6 N–H and O–H groups in total. The summed E-state index contributed by atoms with van der Waals surface area (Å²) in [6.45, 7) is -1.31. The number of anilines is 2. The molecule has 2 aromatic rings. The van der Waals surface area contributed by atoms with Crippen molar-refractivity contribution in [3.63, 3.8) is 0 Å². The van der Waals surface area contributed by atoms with Gasteiger partial charge >= 0.3 is 0 Å². The number of rotatable bonds is 11. The first-order valence-electron chi connectivity index (χ1n) is 8.82. The molecule has 0 unspecified atom stereocenters. The largest absolute Gasteiger partial charge is 0.489 e. The highest BCUT2D eigenvalue weighted by atomic mass is 32.2. The van der Waals surface area contributed by atoms with Gasteiger partial charge in [0.2, 0.25) is 0 Å². The minimum atomic E-state index is -3.80. The Labute approximate surface area is 174 Å². The van der Waals surface area contributed by atoms with Crippen molar-refractivity contribution in [1.82, 2.24) is 0 Å². The van der Waals surface area contributed by atoms with E-state index >= 15 is 0 Å². The van der Waals surface area contributed by atoms with E-state index in [1.165, 1.54) is 36.4 Å². The average Bonchev–Trinajstić information content (AvgIpc) is 2.67. The normalized spacial score (nSPS) is 11.9. The van der Waals surface area contributed by atoms with Gasteiger partial charge < -0.3 is 31.2 Å². The van der Waals surface area contributed by atoms with Crippen LogP contribution >= 0.6 is 0 Å². The minimum absolute atomic E-state index is 0.0340. The van der Waals surface area contributed by atoms with Crippen molar-refractivity contribution in [3.05, 3.63) is 36.4 Å². The summed E-state index contributed by atoms with van der Waals surface area (Å²) in [5.74, 6) is -0.903. The van der Waals surface area contributed by atoms with Crippen LogP contribution in [0, 0.1) is 0 Å². The average molecular weight is 461 g/mol. The summed E-state index contributed by atoms with van der Waals surface area (Å²) in [5.41, 5.74) is 11.7. The molecule has 0 aromatic heterocycles. The molecule has 0 radical (unpaired) electrons. The van der Waals surface area contributed by atoms with Crippen LogP contribution in [0.2, 0.25) is 0 Å². The van der Waals surface area contributed by atoms with Crippen molar-refractivity contribution < 1.29 is 36.5 Å². The van der Waals surface area contributed by atoms with Crippen LogP contribution in [-0.4, -0.2) is 65.0 Å². The Balaban J connectivity index is 2.14. The van der Waals surface area contributed by atoms with E-state index < -0.39 is 44.4 Å². The van der Waals surface area contributed by atoms with Gasteiger partial charge in [0.25, 0.3) is 0 Å². The molecule has 0 aliphatic carbocycles. The quantitative estimate of drug-likeness (QED) is 0.260. The van der Waals surface area contributed by atoms with E-state index in [1.54, 1.807) is 0 Å². The first kappa shape index (κ1) is 23.7. The molecule has 30 heavy (non-hydrogen) atoms. The predicted octanol–water partition coefficient (Wildman–Crippen LogP) is -0.159. The van der Waals surface area contributed by atoms with E-state index in [0.717, 1.165) is 0 Å². The van der Waals surface area contributed by atoms with Crippen molar-refractivity contribution in [1.29, 1.82) is 0 Å². The molecule has 0 heterocycles. The molecule has 2 aromatic carbocycles. The van der Waals surface area contributed by atoms with Crippen molar-refractivity contribution in [3.8, 4) is 11.5 Å². The highest BCUT2D eigenvalue weighted by molar-refractivity contribution is 7.91. The molecule has 0 fully saturated rings. The maximum absolute atomic E-state index is 12.3. The van der Waals surface area contributed by atoms with Crippen LogP contribution in [0.3, 0.4) is 0 Å². The highest BCUT2D eigenvalue weighted by Gasteiger charge is 2.21. The van der Waals surface area contributed by atoms with Gasteiger partial charge in [-0.15, -0.1) is 0 Å². The Morgan fingerprint density at radius 3 is 1.40 bits per heavy atom. The second kappa shape index (κ2) is 9.98. The van der Waals surface area contributed by atoms with Crippen LogP contribution in [-0.2, 0) is 19.7 Å². The summed E-state index contributed by atoms with van der Waals surface area (Å²) in [6, 6.07) is 8.18. The number of hydrogen-bond donors (Lipinski definition) is 4. The van der Waals surface area contributed by atoms with Crippen LogP contribution in [0.1, 0.15) is 0 Å². The van der Waals surface area contributed by atoms with Crippen molar-refractivity contribution in [2.24, 2.45) is 0 Å². The van der Waals surface area contributed by atoms with Crippen molar-refractivity contribution in [2.75, 3.05) is 49.4 Å². The molecular formula is C18H24N2O8S2. The van der Waals surface area contributed by atoms with E-state index in [2.05, 4.69) is 0 Å². The van der Waals surface area contributed by atoms with Crippen LogP contribution < -0.4 is 20.9 Å². The van der Waals surface area contributed by atoms with E-state index in [-0.39, 0.29) is 45.9 Å². The smallest absolute Gasteiger partial charge is 0.184 e. The lowest BCUT2D eigenvalue weighted by atomic mass is 10.3. The fourth-order valence-electron chi connectivity index (χ4n) is 2.54. The molecule has 0 saturated heterocycles. The van der Waals surface area contributed by atoms with Gasteiger partial charge in [0.05, 0.1) is 24.7 Å².